The van der Waals surface area contributed by atoms with Crippen LogP contribution in [0.25, 0.3) is 0 Å². The minimum absolute atomic E-state index is 0.160. The zero-order valence-corrected chi connectivity index (χ0v) is 12.6. The molecule has 1 N–H and O–H groups in total. The van der Waals surface area contributed by atoms with E-state index in [9.17, 15) is 10.1 Å². The second-order valence-electron chi connectivity index (χ2n) is 5.14. The molecule has 0 saturated carbocycles. The predicted octanol–water partition coefficient (Wildman–Crippen LogP) is 4.77. The van der Waals surface area contributed by atoms with Crippen LogP contribution >= 0.6 is 11.3 Å². The van der Waals surface area contributed by atoms with Crippen molar-refractivity contribution in [2.24, 2.45) is 5.92 Å². The smallest absolute Gasteiger partial charge is 0.272 e. The maximum absolute atomic E-state index is 10.8. The quantitative estimate of drug-likeness (QED) is 0.637. The number of nitro groups is 1. The lowest BCUT2D eigenvalue weighted by Crippen LogP contribution is -2.15. The van der Waals surface area contributed by atoms with Gasteiger partial charge in [-0.2, -0.15) is 0 Å². The van der Waals surface area contributed by atoms with Crippen LogP contribution in [0.3, 0.4) is 0 Å². The Morgan fingerprint density at radius 3 is 2.55 bits per heavy atom. The maximum atomic E-state index is 10.8. The summed E-state index contributed by atoms with van der Waals surface area (Å²) in [4.78, 5) is 11.8. The second-order valence-corrected chi connectivity index (χ2v) is 6.12. The number of nitro benzene ring substituents is 1. The lowest BCUT2D eigenvalue weighted by Gasteiger charge is -2.22. The van der Waals surface area contributed by atoms with E-state index in [0.29, 0.717) is 11.5 Å². The van der Waals surface area contributed by atoms with Crippen molar-refractivity contribution in [1.82, 2.24) is 0 Å². The van der Waals surface area contributed by atoms with E-state index in [1.165, 1.54) is 4.88 Å². The Hall–Kier alpha value is -1.88. The van der Waals surface area contributed by atoms with E-state index >= 15 is 0 Å². The summed E-state index contributed by atoms with van der Waals surface area (Å²) in [7, 11) is 0. The Morgan fingerprint density at radius 2 is 2.05 bits per heavy atom. The SMILES string of the molecule is Cc1cc(NC(c2cccs2)C(C)C)ccc1[N+](=O)[O-]. The predicted molar refractivity (Wildman–Crippen MR) is 83.4 cm³/mol. The molecule has 0 amide bonds. The molecular formula is C15H18N2O2S. The van der Waals surface area contributed by atoms with Gasteiger partial charge in [-0.05, 0) is 36.4 Å². The van der Waals surface area contributed by atoms with Crippen molar-refractivity contribution in [3.05, 3.63) is 56.3 Å². The van der Waals surface area contributed by atoms with Crippen LogP contribution in [0.2, 0.25) is 0 Å². The van der Waals surface area contributed by atoms with Crippen LogP contribution in [0.15, 0.2) is 35.7 Å². The minimum Gasteiger partial charge on any atom is -0.377 e. The fourth-order valence-electron chi connectivity index (χ4n) is 2.16. The van der Waals surface area contributed by atoms with Crippen LogP contribution in [-0.2, 0) is 0 Å². The van der Waals surface area contributed by atoms with E-state index in [0.717, 1.165) is 5.69 Å². The molecular weight excluding hydrogens is 272 g/mol. The van der Waals surface area contributed by atoms with E-state index < -0.39 is 0 Å². The molecule has 1 aromatic heterocycles. The Morgan fingerprint density at radius 1 is 1.30 bits per heavy atom. The molecule has 0 bridgehead atoms. The van der Waals surface area contributed by atoms with Crippen molar-refractivity contribution in [1.29, 1.82) is 0 Å². The van der Waals surface area contributed by atoms with Crippen molar-refractivity contribution < 1.29 is 4.92 Å². The molecule has 0 radical (unpaired) electrons. The van der Waals surface area contributed by atoms with E-state index in [-0.39, 0.29) is 16.7 Å². The molecule has 2 aromatic rings. The molecule has 0 aliphatic carbocycles. The Balaban J connectivity index is 2.24. The van der Waals surface area contributed by atoms with Crippen LogP contribution in [-0.4, -0.2) is 4.92 Å². The first-order valence-electron chi connectivity index (χ1n) is 6.54. The first-order valence-corrected chi connectivity index (χ1v) is 7.42. The zero-order valence-electron chi connectivity index (χ0n) is 11.8. The Kier molecular flexibility index (Phi) is 4.39. The highest BCUT2D eigenvalue weighted by atomic mass is 32.1. The topological polar surface area (TPSA) is 55.2 Å². The van der Waals surface area contributed by atoms with Gasteiger partial charge in [0.2, 0.25) is 0 Å². The van der Waals surface area contributed by atoms with Gasteiger partial charge in [-0.3, -0.25) is 10.1 Å². The monoisotopic (exact) mass is 290 g/mol. The van der Waals surface area contributed by atoms with Gasteiger partial charge in [0.1, 0.15) is 0 Å². The van der Waals surface area contributed by atoms with E-state index in [4.69, 9.17) is 0 Å². The van der Waals surface area contributed by atoms with Gasteiger partial charge in [0.25, 0.3) is 5.69 Å². The molecule has 0 saturated heterocycles. The average molecular weight is 290 g/mol. The summed E-state index contributed by atoms with van der Waals surface area (Å²) in [5, 5.41) is 16.4. The van der Waals surface area contributed by atoms with Crippen molar-refractivity contribution in [3.63, 3.8) is 0 Å². The van der Waals surface area contributed by atoms with Crippen molar-refractivity contribution in [2.75, 3.05) is 5.32 Å². The summed E-state index contributed by atoms with van der Waals surface area (Å²) in [6.07, 6.45) is 0. The van der Waals surface area contributed by atoms with Crippen molar-refractivity contribution in [3.8, 4) is 0 Å². The molecule has 0 aliphatic rings. The maximum Gasteiger partial charge on any atom is 0.272 e. The molecule has 5 heteroatoms. The van der Waals surface area contributed by atoms with Crippen molar-refractivity contribution >= 4 is 22.7 Å². The fraction of sp³-hybridized carbons (Fsp3) is 0.333. The normalized spacial score (nSPS) is 12.4. The highest BCUT2D eigenvalue weighted by molar-refractivity contribution is 7.10. The first-order chi connectivity index (χ1) is 9.49. The highest BCUT2D eigenvalue weighted by Crippen LogP contribution is 2.31. The zero-order chi connectivity index (χ0) is 14.7. The molecule has 1 atom stereocenters. The number of anilines is 1. The largest absolute Gasteiger partial charge is 0.377 e. The van der Waals surface area contributed by atoms with Crippen LogP contribution in [0.4, 0.5) is 11.4 Å². The van der Waals surface area contributed by atoms with Crippen LogP contribution < -0.4 is 5.32 Å². The van der Waals surface area contributed by atoms with Crippen LogP contribution in [0, 0.1) is 23.0 Å². The number of rotatable bonds is 5. The summed E-state index contributed by atoms with van der Waals surface area (Å²) >= 11 is 1.72. The molecule has 0 fully saturated rings. The lowest BCUT2D eigenvalue weighted by molar-refractivity contribution is -0.385. The Bertz CT molecular complexity index is 594. The van der Waals surface area contributed by atoms with Crippen molar-refractivity contribution in [2.45, 2.75) is 26.8 Å². The van der Waals surface area contributed by atoms with Gasteiger partial charge in [-0.15, -0.1) is 11.3 Å². The Labute approximate surface area is 122 Å². The number of nitrogens with one attached hydrogen (secondary N) is 1. The van der Waals surface area contributed by atoms with Crippen LogP contribution in [0.1, 0.15) is 30.3 Å². The van der Waals surface area contributed by atoms with Gasteiger partial charge >= 0.3 is 0 Å². The molecule has 1 heterocycles. The van der Waals surface area contributed by atoms with Gasteiger partial charge < -0.3 is 5.32 Å². The highest BCUT2D eigenvalue weighted by Gasteiger charge is 2.18. The summed E-state index contributed by atoms with van der Waals surface area (Å²) < 4.78 is 0. The fourth-order valence-corrected chi connectivity index (χ4v) is 3.11. The first kappa shape index (κ1) is 14.5. The minimum atomic E-state index is -0.349. The third-order valence-corrected chi connectivity index (χ3v) is 4.19. The standard InChI is InChI=1S/C15H18N2O2S/c1-10(2)15(14-5-4-8-20-14)16-12-6-7-13(17(18)19)11(3)9-12/h4-10,15-16H,1-3H3. The van der Waals surface area contributed by atoms with Gasteiger partial charge in [0.05, 0.1) is 11.0 Å². The molecule has 2 rings (SSSR count). The number of aryl methyl sites for hydroxylation is 1. The van der Waals surface area contributed by atoms with Gasteiger partial charge in [0.15, 0.2) is 0 Å². The molecule has 106 valence electrons. The third-order valence-electron chi connectivity index (χ3n) is 3.23. The summed E-state index contributed by atoms with van der Waals surface area (Å²) in [5.74, 6) is 0.434. The summed E-state index contributed by atoms with van der Waals surface area (Å²) in [6.45, 7) is 6.09. The van der Waals surface area contributed by atoms with Gasteiger partial charge in [-0.1, -0.05) is 19.9 Å². The number of thiophene rings is 1. The second kappa shape index (κ2) is 6.05. The number of hydrogen-bond donors (Lipinski definition) is 1. The van der Waals surface area contributed by atoms with E-state index in [1.54, 1.807) is 30.4 Å². The van der Waals surface area contributed by atoms with Gasteiger partial charge in [0, 0.05) is 22.2 Å². The lowest BCUT2D eigenvalue weighted by atomic mass is 10.0. The molecule has 0 aliphatic heterocycles. The van der Waals surface area contributed by atoms with E-state index in [1.807, 2.05) is 12.1 Å². The summed E-state index contributed by atoms with van der Waals surface area (Å²) in [6, 6.07) is 9.54. The van der Waals surface area contributed by atoms with E-state index in [2.05, 4.69) is 30.6 Å². The number of hydrogen-bond acceptors (Lipinski definition) is 4. The molecule has 20 heavy (non-hydrogen) atoms. The van der Waals surface area contributed by atoms with Crippen LogP contribution in [0.5, 0.6) is 0 Å². The molecule has 1 aromatic carbocycles. The average Bonchev–Trinajstić information content (AvgIpc) is 2.88. The number of nitrogens with zero attached hydrogens (tertiary/aromatic N) is 1. The van der Waals surface area contributed by atoms with Gasteiger partial charge in [-0.25, -0.2) is 0 Å². The number of benzene rings is 1. The molecule has 1 unspecified atom stereocenters. The third kappa shape index (κ3) is 3.17. The molecule has 0 spiro atoms. The summed E-state index contributed by atoms with van der Waals surface area (Å²) in [5.41, 5.74) is 1.75. The molecule has 4 nitrogen and oxygen atoms in total.